The molecule has 2 rings (SSSR count). The van der Waals surface area contributed by atoms with Crippen LogP contribution in [-0.4, -0.2) is 10.9 Å². The molecule has 1 aromatic carbocycles. The lowest BCUT2D eigenvalue weighted by Gasteiger charge is -2.12. The Balaban J connectivity index is 2.37. The van der Waals surface area contributed by atoms with E-state index in [9.17, 15) is 9.90 Å². The molecule has 0 aliphatic carbocycles. The van der Waals surface area contributed by atoms with Crippen molar-refractivity contribution in [2.75, 3.05) is 0 Å². The van der Waals surface area contributed by atoms with Crippen molar-refractivity contribution < 1.29 is 14.6 Å². The third-order valence-corrected chi connectivity index (χ3v) is 2.42. The number of aryl methyl sites for hydroxylation is 1. The van der Waals surface area contributed by atoms with E-state index in [4.69, 9.17) is 10.5 Å². The highest BCUT2D eigenvalue weighted by molar-refractivity contribution is 5.99. The Hall–Kier alpha value is -1.97. The van der Waals surface area contributed by atoms with Gasteiger partial charge < -0.3 is 15.6 Å². The minimum atomic E-state index is -0.800. The third-order valence-electron chi connectivity index (χ3n) is 2.42. The van der Waals surface area contributed by atoms with E-state index in [2.05, 4.69) is 0 Å². The lowest BCUT2D eigenvalue weighted by Crippen LogP contribution is -2.11. The number of hydrogen-bond acceptors (Lipinski definition) is 4. The standard InChI is InChI=1S/C11H11NO3/c1-6-4-2-3-5-7(6)10-8(13)9(14)11(12)15-10/h2-5,10,14H,12H2,1H3/t10-/m1/s1. The summed E-state index contributed by atoms with van der Waals surface area (Å²) in [6, 6.07) is 7.33. The summed E-state index contributed by atoms with van der Waals surface area (Å²) in [7, 11) is 0. The molecule has 0 fully saturated rings. The van der Waals surface area contributed by atoms with E-state index in [1.807, 2.05) is 25.1 Å². The second-order valence-corrected chi connectivity index (χ2v) is 3.43. The fraction of sp³-hybridized carbons (Fsp3) is 0.182. The second kappa shape index (κ2) is 3.31. The number of ketones is 1. The molecule has 78 valence electrons. The number of hydrogen-bond donors (Lipinski definition) is 2. The number of aliphatic hydroxyl groups is 1. The zero-order valence-electron chi connectivity index (χ0n) is 8.23. The molecule has 0 saturated heterocycles. The number of Topliss-reactive ketones (excluding diaryl/α,β-unsaturated/α-hetero) is 1. The number of carbonyl (C=O) groups excluding carboxylic acids is 1. The quantitative estimate of drug-likeness (QED) is 0.725. The summed E-state index contributed by atoms with van der Waals surface area (Å²) >= 11 is 0. The number of ether oxygens (including phenoxy) is 1. The van der Waals surface area contributed by atoms with Gasteiger partial charge in [-0.25, -0.2) is 0 Å². The highest BCUT2D eigenvalue weighted by Crippen LogP contribution is 2.31. The van der Waals surface area contributed by atoms with Gasteiger partial charge in [-0.3, -0.25) is 4.79 Å². The topological polar surface area (TPSA) is 72.6 Å². The summed E-state index contributed by atoms with van der Waals surface area (Å²) in [5.41, 5.74) is 6.99. The third kappa shape index (κ3) is 1.44. The first kappa shape index (κ1) is 9.58. The van der Waals surface area contributed by atoms with Crippen LogP contribution in [0.25, 0.3) is 0 Å². The van der Waals surface area contributed by atoms with Gasteiger partial charge in [0.15, 0.2) is 6.10 Å². The summed E-state index contributed by atoms with van der Waals surface area (Å²) in [6.07, 6.45) is -0.800. The van der Waals surface area contributed by atoms with Crippen molar-refractivity contribution in [3.8, 4) is 0 Å². The molecule has 0 unspecified atom stereocenters. The maximum absolute atomic E-state index is 11.6. The van der Waals surface area contributed by atoms with Gasteiger partial charge in [0.05, 0.1) is 0 Å². The zero-order valence-corrected chi connectivity index (χ0v) is 8.23. The Kier molecular flexibility index (Phi) is 2.11. The molecule has 0 aromatic heterocycles. The molecule has 15 heavy (non-hydrogen) atoms. The van der Waals surface area contributed by atoms with E-state index < -0.39 is 17.6 Å². The summed E-state index contributed by atoms with van der Waals surface area (Å²) in [5.74, 6) is -1.17. The Bertz CT molecular complexity index is 451. The first-order valence-corrected chi connectivity index (χ1v) is 4.56. The molecule has 1 aromatic rings. The van der Waals surface area contributed by atoms with Crippen LogP contribution in [0.15, 0.2) is 35.9 Å². The predicted molar refractivity (Wildman–Crippen MR) is 53.9 cm³/mol. The molecule has 4 heteroatoms. The largest absolute Gasteiger partial charge is 0.501 e. The van der Waals surface area contributed by atoms with Crippen LogP contribution in [0.4, 0.5) is 0 Å². The van der Waals surface area contributed by atoms with E-state index in [-0.39, 0.29) is 5.88 Å². The smallest absolute Gasteiger partial charge is 0.247 e. The van der Waals surface area contributed by atoms with Crippen LogP contribution in [0.5, 0.6) is 0 Å². The first-order chi connectivity index (χ1) is 7.11. The van der Waals surface area contributed by atoms with Crippen molar-refractivity contribution in [1.29, 1.82) is 0 Å². The fourth-order valence-corrected chi connectivity index (χ4v) is 1.57. The van der Waals surface area contributed by atoms with Crippen LogP contribution in [0, 0.1) is 6.92 Å². The van der Waals surface area contributed by atoms with Gasteiger partial charge >= 0.3 is 0 Å². The van der Waals surface area contributed by atoms with Gasteiger partial charge in [0.25, 0.3) is 0 Å². The fourth-order valence-electron chi connectivity index (χ4n) is 1.57. The lowest BCUT2D eigenvalue weighted by molar-refractivity contribution is -0.123. The van der Waals surface area contributed by atoms with Crippen LogP contribution in [-0.2, 0) is 9.53 Å². The molecular formula is C11H11NO3. The van der Waals surface area contributed by atoms with Crippen LogP contribution in [0.1, 0.15) is 17.2 Å². The van der Waals surface area contributed by atoms with Crippen molar-refractivity contribution in [3.63, 3.8) is 0 Å². The maximum Gasteiger partial charge on any atom is 0.247 e. The molecule has 0 amide bonds. The molecule has 0 saturated carbocycles. The number of benzene rings is 1. The summed E-state index contributed by atoms with van der Waals surface area (Å²) < 4.78 is 5.11. The Morgan fingerprint density at radius 2 is 2.07 bits per heavy atom. The van der Waals surface area contributed by atoms with Crippen molar-refractivity contribution in [2.24, 2.45) is 5.73 Å². The number of carbonyl (C=O) groups is 1. The van der Waals surface area contributed by atoms with Crippen molar-refractivity contribution in [3.05, 3.63) is 47.0 Å². The Morgan fingerprint density at radius 3 is 2.60 bits per heavy atom. The Morgan fingerprint density at radius 1 is 1.40 bits per heavy atom. The lowest BCUT2D eigenvalue weighted by atomic mass is 10.0. The minimum Gasteiger partial charge on any atom is -0.501 e. The van der Waals surface area contributed by atoms with Crippen molar-refractivity contribution >= 4 is 5.78 Å². The summed E-state index contributed by atoms with van der Waals surface area (Å²) in [4.78, 5) is 11.6. The highest BCUT2D eigenvalue weighted by atomic mass is 16.5. The summed E-state index contributed by atoms with van der Waals surface area (Å²) in [6.45, 7) is 1.87. The molecule has 1 atom stereocenters. The van der Waals surface area contributed by atoms with E-state index in [0.29, 0.717) is 0 Å². The molecule has 0 spiro atoms. The molecule has 1 aliphatic rings. The molecule has 3 N–H and O–H groups in total. The van der Waals surface area contributed by atoms with E-state index >= 15 is 0 Å². The van der Waals surface area contributed by atoms with Gasteiger partial charge in [-0.15, -0.1) is 0 Å². The van der Waals surface area contributed by atoms with Gasteiger partial charge in [0.1, 0.15) is 0 Å². The average molecular weight is 205 g/mol. The van der Waals surface area contributed by atoms with E-state index in [1.165, 1.54) is 0 Å². The average Bonchev–Trinajstić information content (AvgIpc) is 2.47. The monoisotopic (exact) mass is 205 g/mol. The summed E-state index contributed by atoms with van der Waals surface area (Å²) in [5, 5.41) is 9.27. The zero-order chi connectivity index (χ0) is 11.0. The van der Waals surface area contributed by atoms with E-state index in [1.54, 1.807) is 6.07 Å². The Labute approximate surface area is 87.0 Å². The molecule has 1 heterocycles. The van der Waals surface area contributed by atoms with Gasteiger partial charge in [0.2, 0.25) is 17.4 Å². The second-order valence-electron chi connectivity index (χ2n) is 3.43. The van der Waals surface area contributed by atoms with Crippen molar-refractivity contribution in [1.82, 2.24) is 0 Å². The van der Waals surface area contributed by atoms with Gasteiger partial charge in [-0.05, 0) is 12.5 Å². The van der Waals surface area contributed by atoms with Crippen LogP contribution < -0.4 is 5.73 Å². The molecule has 1 aliphatic heterocycles. The predicted octanol–water partition coefficient (Wildman–Crippen LogP) is 1.32. The van der Waals surface area contributed by atoms with E-state index in [0.717, 1.165) is 11.1 Å². The molecular weight excluding hydrogens is 194 g/mol. The normalized spacial score (nSPS) is 20.6. The van der Waals surface area contributed by atoms with Gasteiger partial charge in [0, 0.05) is 5.56 Å². The van der Waals surface area contributed by atoms with Crippen LogP contribution >= 0.6 is 0 Å². The van der Waals surface area contributed by atoms with Gasteiger partial charge in [-0.1, -0.05) is 24.3 Å². The number of rotatable bonds is 1. The molecule has 0 radical (unpaired) electrons. The molecule has 0 bridgehead atoms. The highest BCUT2D eigenvalue weighted by Gasteiger charge is 2.35. The SMILES string of the molecule is Cc1ccccc1[C@H]1OC(N)=C(O)C1=O. The number of nitrogens with two attached hydrogens (primary N) is 1. The van der Waals surface area contributed by atoms with Crippen molar-refractivity contribution in [2.45, 2.75) is 13.0 Å². The first-order valence-electron chi connectivity index (χ1n) is 4.56. The maximum atomic E-state index is 11.6. The number of aliphatic hydroxyl groups excluding tert-OH is 1. The van der Waals surface area contributed by atoms with Gasteiger partial charge in [-0.2, -0.15) is 0 Å². The minimum absolute atomic E-state index is 0.201. The van der Waals surface area contributed by atoms with Crippen LogP contribution in [0.2, 0.25) is 0 Å². The molecule has 4 nitrogen and oxygen atoms in total. The van der Waals surface area contributed by atoms with Crippen LogP contribution in [0.3, 0.4) is 0 Å².